The largest absolute Gasteiger partial charge is 0.0776 e. The lowest BCUT2D eigenvalue weighted by Crippen LogP contribution is -1.90. The molecule has 0 radical (unpaired) electrons. The molecule has 12 rings (SSSR count). The quantitative estimate of drug-likeness (QED) is 0.114. The van der Waals surface area contributed by atoms with Gasteiger partial charge in [0.25, 0.3) is 0 Å². The second-order valence-corrected chi connectivity index (χ2v) is 21.3. The van der Waals surface area contributed by atoms with Crippen molar-refractivity contribution in [1.82, 2.24) is 0 Å². The summed E-state index contributed by atoms with van der Waals surface area (Å²) in [6.45, 7) is 12.5. The van der Waals surface area contributed by atoms with Gasteiger partial charge in [0.05, 0.1) is 0 Å². The number of hydrogen-bond donors (Lipinski definition) is 0. The van der Waals surface area contributed by atoms with Crippen LogP contribution in [0.5, 0.6) is 0 Å². The van der Waals surface area contributed by atoms with Crippen LogP contribution in [0.15, 0.2) is 267 Å². The molecule has 0 atom stereocenters. The number of benzene rings is 12. The van der Waals surface area contributed by atoms with Gasteiger partial charge in [-0.2, -0.15) is 0 Å². The molecule has 0 fully saturated rings. The van der Waals surface area contributed by atoms with Crippen molar-refractivity contribution in [2.45, 2.75) is 49.0 Å². The van der Waals surface area contributed by atoms with Crippen molar-refractivity contribution < 1.29 is 0 Å². The predicted octanol–water partition coefficient (Wildman–Crippen LogP) is 19.9. The van der Waals surface area contributed by atoms with Crippen LogP contribution in [0.2, 0.25) is 0 Å². The van der Waals surface area contributed by atoms with E-state index in [0.29, 0.717) is 0 Å². The van der Waals surface area contributed by atoms with Crippen LogP contribution in [0.1, 0.15) is 108 Å². The Kier molecular flexibility index (Phi) is 20.5. The maximum absolute atomic E-state index is 3.48. The normalized spacial score (nSPS) is 9.77. The number of rotatable bonds is 1. The monoisotopic (exact) mass is 1110 g/mol. The van der Waals surface area contributed by atoms with Gasteiger partial charge in [-0.05, 0) is 196 Å². The van der Waals surface area contributed by atoms with Gasteiger partial charge in [0.15, 0.2) is 0 Å². The molecule has 12 aromatic rings. The standard InChI is InChI=1S/C32H22.C30H22.C24H18.CH4/c1-23-11-15-25(16-12-23)19-21-31-27-7-3-5-9-29(27)32(30-10-6-4-8-28(30)31)22-20-26-17-13-24(2)14-18-26;1-23-3-7-25(8-4-23)11-13-27-15-19-29(20-16-27)30-21-17-28(18-22-30)14-12-26-9-5-24(2)6-10-26;1-19-3-7-21(8-4-19)11-13-23-15-17-24(18-16-23)14-12-22-9-5-20(2)6-10-22;/h3-18H,1-2H3;3-10,15-22H,1-2H3;3-10,15-18H,1-2H3;1H4. The predicted molar refractivity (Wildman–Crippen MR) is 369 cm³/mol. The van der Waals surface area contributed by atoms with E-state index in [-0.39, 0.29) is 7.43 Å². The second-order valence-electron chi connectivity index (χ2n) is 21.3. The lowest BCUT2D eigenvalue weighted by atomic mass is 9.92. The highest BCUT2D eigenvalue weighted by Crippen LogP contribution is 2.32. The Morgan fingerprint density at radius 2 is 0.299 bits per heavy atom. The highest BCUT2D eigenvalue weighted by atomic mass is 14.1. The Balaban J connectivity index is 0.000000156. The number of hydrogen-bond acceptors (Lipinski definition) is 0. The van der Waals surface area contributed by atoms with Crippen LogP contribution in [0, 0.1) is 113 Å². The molecule has 0 heterocycles. The zero-order valence-electron chi connectivity index (χ0n) is 49.4. The molecule has 0 aromatic heterocycles. The van der Waals surface area contributed by atoms with Gasteiger partial charge in [0.1, 0.15) is 0 Å². The van der Waals surface area contributed by atoms with Crippen LogP contribution in [0.3, 0.4) is 0 Å². The van der Waals surface area contributed by atoms with Gasteiger partial charge in [-0.1, -0.05) is 257 Å². The van der Waals surface area contributed by atoms with Gasteiger partial charge in [-0.25, -0.2) is 0 Å². The summed E-state index contributed by atoms with van der Waals surface area (Å²) in [4.78, 5) is 0. The molecule has 87 heavy (non-hydrogen) atoms. The summed E-state index contributed by atoms with van der Waals surface area (Å²) < 4.78 is 0. The van der Waals surface area contributed by atoms with Gasteiger partial charge in [0.2, 0.25) is 0 Å². The van der Waals surface area contributed by atoms with Crippen molar-refractivity contribution in [2.75, 3.05) is 0 Å². The lowest BCUT2D eigenvalue weighted by Gasteiger charge is -2.10. The molecule has 0 heteroatoms. The van der Waals surface area contributed by atoms with Crippen LogP contribution in [0.25, 0.3) is 32.7 Å². The smallest absolute Gasteiger partial charge is 0.0406 e. The fourth-order valence-corrected chi connectivity index (χ4v) is 9.19. The maximum Gasteiger partial charge on any atom is 0.0406 e. The third kappa shape index (κ3) is 17.3. The Hall–Kier alpha value is -11.5. The van der Waals surface area contributed by atoms with Crippen molar-refractivity contribution in [3.8, 4) is 82.2 Å². The van der Waals surface area contributed by atoms with Gasteiger partial charge in [0, 0.05) is 66.8 Å². The second kappa shape index (κ2) is 29.7. The van der Waals surface area contributed by atoms with E-state index in [4.69, 9.17) is 0 Å². The zero-order valence-corrected chi connectivity index (χ0v) is 49.4. The van der Waals surface area contributed by atoms with Crippen LogP contribution in [-0.4, -0.2) is 0 Å². The molecule has 0 N–H and O–H groups in total. The highest BCUT2D eigenvalue weighted by Gasteiger charge is 2.11. The summed E-state index contributed by atoms with van der Waals surface area (Å²) >= 11 is 0. The fraction of sp³-hybridized carbons (Fsp3) is 0.0805. The number of aryl methyl sites for hydroxylation is 6. The molecule has 12 aromatic carbocycles. The maximum atomic E-state index is 3.48. The molecule has 0 amide bonds. The van der Waals surface area contributed by atoms with Crippen molar-refractivity contribution in [3.05, 3.63) is 367 Å². The first-order chi connectivity index (χ1) is 42.0. The summed E-state index contributed by atoms with van der Waals surface area (Å²) in [6.07, 6.45) is 0. The molecule has 0 spiro atoms. The average Bonchev–Trinajstić information content (AvgIpc) is 1.44. The first kappa shape index (κ1) is 60.1. The van der Waals surface area contributed by atoms with Gasteiger partial charge in [-0.3, -0.25) is 0 Å². The van der Waals surface area contributed by atoms with Crippen molar-refractivity contribution in [1.29, 1.82) is 0 Å². The Morgan fingerprint density at radius 3 is 0.471 bits per heavy atom. The fourth-order valence-electron chi connectivity index (χ4n) is 9.19. The first-order valence-corrected chi connectivity index (χ1v) is 28.8. The Bertz CT molecular complexity index is 4350. The molecule has 0 saturated heterocycles. The van der Waals surface area contributed by atoms with E-state index in [0.717, 1.165) is 88.3 Å². The molecule has 0 bridgehead atoms. The van der Waals surface area contributed by atoms with Crippen molar-refractivity contribution >= 4 is 21.5 Å². The van der Waals surface area contributed by atoms with Crippen molar-refractivity contribution in [3.63, 3.8) is 0 Å². The molecule has 0 aliphatic heterocycles. The Morgan fingerprint density at radius 1 is 0.161 bits per heavy atom. The van der Waals surface area contributed by atoms with Crippen LogP contribution >= 0.6 is 0 Å². The van der Waals surface area contributed by atoms with E-state index < -0.39 is 0 Å². The van der Waals surface area contributed by atoms with Gasteiger partial charge >= 0.3 is 0 Å². The topological polar surface area (TPSA) is 0 Å². The minimum Gasteiger partial charge on any atom is -0.0776 e. The number of fused-ring (bicyclic) bond motifs is 2. The van der Waals surface area contributed by atoms with E-state index in [1.54, 1.807) is 0 Å². The van der Waals surface area contributed by atoms with E-state index in [1.807, 2.05) is 48.5 Å². The summed E-state index contributed by atoms with van der Waals surface area (Å²) in [5.41, 5.74) is 22.1. The first-order valence-electron chi connectivity index (χ1n) is 28.8. The molecule has 0 saturated carbocycles. The van der Waals surface area contributed by atoms with E-state index in [2.05, 4.69) is 331 Å². The minimum absolute atomic E-state index is 0. The summed E-state index contributed by atoms with van der Waals surface area (Å²) in [7, 11) is 0. The summed E-state index contributed by atoms with van der Waals surface area (Å²) in [5, 5.41) is 4.55. The lowest BCUT2D eigenvalue weighted by molar-refractivity contribution is 1.46. The highest BCUT2D eigenvalue weighted by molar-refractivity contribution is 6.10. The van der Waals surface area contributed by atoms with E-state index >= 15 is 0 Å². The molecular weight excluding hydrogens is 1040 g/mol. The minimum atomic E-state index is 0. The summed E-state index contributed by atoms with van der Waals surface area (Å²) in [6, 6.07) is 91.5. The zero-order chi connectivity index (χ0) is 59.5. The van der Waals surface area contributed by atoms with Crippen LogP contribution in [-0.2, 0) is 0 Å². The Labute approximate surface area is 516 Å². The molecule has 0 aliphatic carbocycles. The van der Waals surface area contributed by atoms with E-state index in [1.165, 1.54) is 44.5 Å². The van der Waals surface area contributed by atoms with Crippen LogP contribution in [0.4, 0.5) is 0 Å². The van der Waals surface area contributed by atoms with Crippen LogP contribution < -0.4 is 0 Å². The molecule has 414 valence electrons. The van der Waals surface area contributed by atoms with Gasteiger partial charge in [-0.15, -0.1) is 0 Å². The molecule has 0 aliphatic rings. The van der Waals surface area contributed by atoms with Gasteiger partial charge < -0.3 is 0 Å². The average molecular weight is 1110 g/mol. The summed E-state index contributed by atoms with van der Waals surface area (Å²) in [5.74, 6) is 39.3. The SMILES string of the molecule is C.Cc1ccc(C#Cc2c3ccccc3c(C#Cc3ccc(C)cc3)c3ccccc23)cc1.Cc1ccc(C#Cc2ccc(-c3ccc(C#Cc4ccc(C)cc4)cc3)cc2)cc1.Cc1ccc(C#Cc2ccc(C#Cc3ccc(C)cc3)cc2)cc1. The molecular formula is C87H66. The molecule has 0 unspecified atom stereocenters. The molecule has 0 nitrogen and oxygen atoms in total. The third-order valence-electron chi connectivity index (χ3n) is 14.3. The van der Waals surface area contributed by atoms with E-state index in [9.17, 15) is 0 Å². The third-order valence-corrected chi connectivity index (χ3v) is 14.3. The van der Waals surface area contributed by atoms with Crippen molar-refractivity contribution in [2.24, 2.45) is 0 Å².